The van der Waals surface area contributed by atoms with Gasteiger partial charge in [0.2, 0.25) is 0 Å². The first-order chi connectivity index (χ1) is 10.7. The lowest BCUT2D eigenvalue weighted by Crippen LogP contribution is -2.27. The first kappa shape index (κ1) is 17.2. The van der Waals surface area contributed by atoms with E-state index >= 15 is 0 Å². The van der Waals surface area contributed by atoms with Crippen LogP contribution in [0.3, 0.4) is 0 Å². The van der Waals surface area contributed by atoms with Gasteiger partial charge in [-0.2, -0.15) is 0 Å². The zero-order valence-corrected chi connectivity index (χ0v) is 14.3. The number of benzene rings is 1. The monoisotopic (exact) mass is 354 g/mol. The van der Waals surface area contributed by atoms with E-state index in [1.807, 2.05) is 0 Å². The number of rotatable bonds is 3. The highest BCUT2D eigenvalue weighted by Crippen LogP contribution is 2.35. The molecular formula is C15H15ClN2O4S. The molecule has 0 unspecified atom stereocenters. The number of carboxylic acids is 1. The maximum atomic E-state index is 11.8. The molecule has 0 saturated carbocycles. The van der Waals surface area contributed by atoms with Crippen LogP contribution in [-0.2, 0) is 4.74 Å². The lowest BCUT2D eigenvalue weighted by atomic mass is 10.2. The number of carboxylic acid groups (broad SMARTS) is 1. The largest absolute Gasteiger partial charge is 0.476 e. The van der Waals surface area contributed by atoms with Crippen LogP contribution in [0.25, 0.3) is 10.6 Å². The molecule has 23 heavy (non-hydrogen) atoms. The Labute approximate surface area is 142 Å². The summed E-state index contributed by atoms with van der Waals surface area (Å²) in [7, 11) is 0. The van der Waals surface area contributed by atoms with Crippen molar-refractivity contribution in [2.24, 2.45) is 0 Å². The van der Waals surface area contributed by atoms with E-state index in [-0.39, 0.29) is 10.7 Å². The van der Waals surface area contributed by atoms with Crippen molar-refractivity contribution in [1.29, 1.82) is 0 Å². The molecule has 8 heteroatoms. The van der Waals surface area contributed by atoms with E-state index in [1.54, 1.807) is 45.0 Å². The van der Waals surface area contributed by atoms with Crippen molar-refractivity contribution in [1.82, 2.24) is 4.98 Å². The van der Waals surface area contributed by atoms with Crippen LogP contribution >= 0.6 is 22.9 Å². The highest BCUT2D eigenvalue weighted by molar-refractivity contribution is 7.19. The van der Waals surface area contributed by atoms with E-state index in [1.165, 1.54) is 0 Å². The number of ether oxygens (including phenoxy) is 1. The van der Waals surface area contributed by atoms with Gasteiger partial charge in [0.1, 0.15) is 15.6 Å². The molecule has 2 aromatic rings. The van der Waals surface area contributed by atoms with E-state index in [0.717, 1.165) is 11.3 Å². The first-order valence-electron chi connectivity index (χ1n) is 6.66. The van der Waals surface area contributed by atoms with Crippen molar-refractivity contribution in [3.05, 3.63) is 35.0 Å². The van der Waals surface area contributed by atoms with Crippen LogP contribution < -0.4 is 5.32 Å². The van der Waals surface area contributed by atoms with Crippen molar-refractivity contribution < 1.29 is 19.4 Å². The Morgan fingerprint density at radius 2 is 1.96 bits per heavy atom. The normalized spacial score (nSPS) is 11.1. The van der Waals surface area contributed by atoms with Crippen LogP contribution in [0.1, 0.15) is 31.3 Å². The Kier molecular flexibility index (Phi) is 4.91. The molecule has 2 N–H and O–H groups in total. The minimum absolute atomic E-state index is 0.0988. The number of amides is 1. The molecule has 0 aliphatic carbocycles. The third-order valence-corrected chi connectivity index (χ3v) is 3.88. The van der Waals surface area contributed by atoms with Gasteiger partial charge < -0.3 is 9.84 Å². The molecule has 1 aromatic carbocycles. The van der Waals surface area contributed by atoms with E-state index < -0.39 is 17.7 Å². The molecule has 0 aliphatic rings. The minimum Gasteiger partial charge on any atom is -0.476 e. The van der Waals surface area contributed by atoms with E-state index in [0.29, 0.717) is 15.6 Å². The SMILES string of the molecule is CC(C)(C)OC(=O)Nc1sc(-c2ccccc2Cl)nc1C(=O)O. The number of halogens is 1. The molecule has 2 rings (SSSR count). The fourth-order valence-electron chi connectivity index (χ4n) is 1.70. The Hall–Kier alpha value is -2.12. The lowest BCUT2D eigenvalue weighted by molar-refractivity contribution is 0.0636. The predicted octanol–water partition coefficient (Wildman–Crippen LogP) is 4.51. The van der Waals surface area contributed by atoms with Crippen molar-refractivity contribution in [3.63, 3.8) is 0 Å². The second-order valence-corrected chi connectivity index (χ2v) is 7.01. The zero-order chi connectivity index (χ0) is 17.2. The Bertz CT molecular complexity index is 752. The van der Waals surface area contributed by atoms with Crippen molar-refractivity contribution in [3.8, 4) is 10.6 Å². The Morgan fingerprint density at radius 1 is 1.30 bits per heavy atom. The summed E-state index contributed by atoms with van der Waals surface area (Å²) in [6.07, 6.45) is -0.741. The molecule has 0 fully saturated rings. The van der Waals surface area contributed by atoms with Gasteiger partial charge in [-0.1, -0.05) is 41.1 Å². The second-order valence-electron chi connectivity index (χ2n) is 5.61. The molecule has 1 aromatic heterocycles. The van der Waals surface area contributed by atoms with Crippen LogP contribution in [-0.4, -0.2) is 27.8 Å². The predicted molar refractivity (Wildman–Crippen MR) is 89.4 cm³/mol. The molecule has 1 heterocycles. The summed E-state index contributed by atoms with van der Waals surface area (Å²) < 4.78 is 5.12. The lowest BCUT2D eigenvalue weighted by Gasteiger charge is -2.19. The number of aromatic nitrogens is 1. The fraction of sp³-hybridized carbons (Fsp3) is 0.267. The summed E-state index contributed by atoms with van der Waals surface area (Å²) in [5.41, 5.74) is -0.348. The van der Waals surface area contributed by atoms with Gasteiger partial charge in [0.05, 0.1) is 5.02 Å². The maximum absolute atomic E-state index is 11.8. The Balaban J connectivity index is 2.35. The fourth-order valence-corrected chi connectivity index (χ4v) is 2.96. The summed E-state index contributed by atoms with van der Waals surface area (Å²) >= 11 is 7.12. The van der Waals surface area contributed by atoms with Gasteiger partial charge in [-0.3, -0.25) is 5.32 Å². The quantitative estimate of drug-likeness (QED) is 0.846. The van der Waals surface area contributed by atoms with Gasteiger partial charge in [0.15, 0.2) is 5.69 Å². The molecule has 0 radical (unpaired) electrons. The second kappa shape index (κ2) is 6.55. The number of hydrogen-bond acceptors (Lipinski definition) is 5. The number of anilines is 1. The third-order valence-electron chi connectivity index (χ3n) is 2.55. The number of nitrogens with one attached hydrogen (secondary N) is 1. The molecule has 0 saturated heterocycles. The standard InChI is InChI=1S/C15H15ClN2O4S/c1-15(2,3)22-14(21)18-12-10(13(19)20)17-11(23-12)8-6-4-5-7-9(8)16/h4-7H,1-3H3,(H,18,21)(H,19,20). The molecule has 1 amide bonds. The minimum atomic E-state index is -1.24. The summed E-state index contributed by atoms with van der Waals surface area (Å²) in [4.78, 5) is 27.2. The number of hydrogen-bond donors (Lipinski definition) is 2. The van der Waals surface area contributed by atoms with E-state index in [2.05, 4.69) is 10.3 Å². The number of carbonyl (C=O) groups excluding carboxylic acids is 1. The van der Waals surface area contributed by atoms with Crippen LogP contribution in [0.2, 0.25) is 5.02 Å². The summed E-state index contributed by atoms with van der Waals surface area (Å²) in [6.45, 7) is 5.14. The van der Waals surface area contributed by atoms with Gasteiger partial charge >= 0.3 is 12.1 Å². The number of aromatic carboxylic acids is 1. The van der Waals surface area contributed by atoms with Crippen LogP contribution in [0.4, 0.5) is 9.80 Å². The smallest absolute Gasteiger partial charge is 0.412 e. The Morgan fingerprint density at radius 3 is 2.52 bits per heavy atom. The summed E-state index contributed by atoms with van der Waals surface area (Å²) in [5.74, 6) is -1.24. The molecular weight excluding hydrogens is 340 g/mol. The highest BCUT2D eigenvalue weighted by Gasteiger charge is 2.23. The van der Waals surface area contributed by atoms with E-state index in [9.17, 15) is 14.7 Å². The molecule has 0 spiro atoms. The number of carbonyl (C=O) groups is 2. The highest BCUT2D eigenvalue weighted by atomic mass is 35.5. The van der Waals surface area contributed by atoms with Gasteiger partial charge in [0.25, 0.3) is 0 Å². The molecule has 0 atom stereocenters. The van der Waals surface area contributed by atoms with Gasteiger partial charge in [-0.25, -0.2) is 14.6 Å². The van der Waals surface area contributed by atoms with E-state index in [4.69, 9.17) is 16.3 Å². The molecule has 6 nitrogen and oxygen atoms in total. The first-order valence-corrected chi connectivity index (χ1v) is 7.86. The number of thiazole rings is 1. The summed E-state index contributed by atoms with van der Waals surface area (Å²) in [6, 6.07) is 6.94. The summed E-state index contributed by atoms with van der Waals surface area (Å²) in [5, 5.41) is 12.6. The van der Waals surface area contributed by atoms with Crippen LogP contribution in [0.15, 0.2) is 24.3 Å². The average molecular weight is 355 g/mol. The average Bonchev–Trinajstić information content (AvgIpc) is 2.80. The van der Waals surface area contributed by atoms with Crippen molar-refractivity contribution in [2.75, 3.05) is 5.32 Å². The van der Waals surface area contributed by atoms with Gasteiger partial charge in [-0.05, 0) is 26.8 Å². The van der Waals surface area contributed by atoms with Crippen LogP contribution in [0.5, 0.6) is 0 Å². The topological polar surface area (TPSA) is 88.5 Å². The number of nitrogens with zero attached hydrogens (tertiary/aromatic N) is 1. The van der Waals surface area contributed by atoms with Gasteiger partial charge in [0, 0.05) is 5.56 Å². The third kappa shape index (κ3) is 4.43. The van der Waals surface area contributed by atoms with Crippen LogP contribution in [0, 0.1) is 0 Å². The molecule has 122 valence electrons. The van der Waals surface area contributed by atoms with Crippen molar-refractivity contribution >= 4 is 40.0 Å². The zero-order valence-electron chi connectivity index (χ0n) is 12.7. The van der Waals surface area contributed by atoms with Crippen molar-refractivity contribution in [2.45, 2.75) is 26.4 Å². The molecule has 0 aliphatic heterocycles. The molecule has 0 bridgehead atoms. The van der Waals surface area contributed by atoms with Gasteiger partial charge in [-0.15, -0.1) is 0 Å². The maximum Gasteiger partial charge on any atom is 0.412 e.